The molecule has 4 saturated carbocycles. The van der Waals surface area contributed by atoms with Crippen LogP contribution in [0.3, 0.4) is 0 Å². The summed E-state index contributed by atoms with van der Waals surface area (Å²) >= 11 is 0. The third-order valence-corrected chi connectivity index (χ3v) is 10.5. The topological polar surface area (TPSA) is 134 Å². The first-order valence-electron chi connectivity index (χ1n) is 12.7. The molecule has 12 atom stereocenters. The molecule has 0 spiro atoms. The Kier molecular flexibility index (Phi) is 5.93. The highest BCUT2D eigenvalue weighted by atomic mass is 16.7. The quantitative estimate of drug-likeness (QED) is 0.463. The highest BCUT2D eigenvalue weighted by molar-refractivity contribution is 5.87. The van der Waals surface area contributed by atoms with Crippen molar-refractivity contribution in [2.75, 3.05) is 0 Å². The van der Waals surface area contributed by atoms with Crippen LogP contribution in [0, 0.1) is 34.5 Å². The zero-order valence-corrected chi connectivity index (χ0v) is 19.6. The molecule has 0 aromatic heterocycles. The van der Waals surface area contributed by atoms with E-state index < -0.39 is 36.7 Å². The predicted molar refractivity (Wildman–Crippen MR) is 116 cm³/mol. The lowest BCUT2D eigenvalue weighted by atomic mass is 9.45. The van der Waals surface area contributed by atoms with Crippen molar-refractivity contribution in [1.82, 2.24) is 0 Å². The number of carbonyl (C=O) groups is 2. The molecule has 8 heteroatoms. The van der Waals surface area contributed by atoms with Crippen LogP contribution >= 0.6 is 0 Å². The van der Waals surface area contributed by atoms with Gasteiger partial charge in [0.2, 0.25) is 0 Å². The maximum atomic E-state index is 12.6. The molecule has 8 nitrogen and oxygen atoms in total. The molecule has 4 N–H and O–H groups in total. The number of ether oxygens (including phenoxy) is 2. The minimum Gasteiger partial charge on any atom is -0.479 e. The molecule has 0 radical (unpaired) electrons. The summed E-state index contributed by atoms with van der Waals surface area (Å²) in [5.74, 6) is 1.28. The monoisotopic (exact) mass is 466 g/mol. The highest BCUT2D eigenvalue weighted by Crippen LogP contribution is 2.65. The summed E-state index contributed by atoms with van der Waals surface area (Å²) in [5, 5.41) is 39.6. The Labute approximate surface area is 194 Å². The number of hydrogen-bond acceptors (Lipinski definition) is 7. The summed E-state index contributed by atoms with van der Waals surface area (Å²) in [6.07, 6.45) is 0.719. The van der Waals surface area contributed by atoms with E-state index in [2.05, 4.69) is 13.8 Å². The maximum absolute atomic E-state index is 12.6. The van der Waals surface area contributed by atoms with Crippen molar-refractivity contribution in [3.8, 4) is 0 Å². The van der Waals surface area contributed by atoms with E-state index in [9.17, 15) is 30.0 Å². The molecule has 4 aliphatic carbocycles. The molecular formula is C25H38O8. The van der Waals surface area contributed by atoms with Gasteiger partial charge in [-0.25, -0.2) is 4.79 Å². The van der Waals surface area contributed by atoms with Crippen molar-refractivity contribution < 1.29 is 39.5 Å². The number of carboxylic acids is 1. The van der Waals surface area contributed by atoms with Gasteiger partial charge in [0.1, 0.15) is 24.1 Å². The maximum Gasteiger partial charge on any atom is 0.335 e. The number of aliphatic carboxylic acids is 1. The van der Waals surface area contributed by atoms with Crippen molar-refractivity contribution in [2.24, 2.45) is 34.5 Å². The molecule has 5 aliphatic rings. The highest BCUT2D eigenvalue weighted by Gasteiger charge is 2.60. The van der Waals surface area contributed by atoms with E-state index in [1.807, 2.05) is 0 Å². The number of aliphatic hydroxyl groups is 3. The Bertz CT molecular complexity index is 801. The second-order valence-electron chi connectivity index (χ2n) is 11.8. The van der Waals surface area contributed by atoms with Crippen LogP contribution < -0.4 is 0 Å². The van der Waals surface area contributed by atoms with Crippen molar-refractivity contribution in [3.63, 3.8) is 0 Å². The van der Waals surface area contributed by atoms with Crippen LogP contribution in [0.1, 0.15) is 71.6 Å². The van der Waals surface area contributed by atoms with E-state index in [1.54, 1.807) is 0 Å². The van der Waals surface area contributed by atoms with E-state index in [-0.39, 0.29) is 16.9 Å². The first-order chi connectivity index (χ1) is 15.6. The molecule has 0 bridgehead atoms. The number of ketones is 1. The van der Waals surface area contributed by atoms with Crippen molar-refractivity contribution in [3.05, 3.63) is 0 Å². The average Bonchev–Trinajstić information content (AvgIpc) is 3.08. The fourth-order valence-electron chi connectivity index (χ4n) is 8.47. The molecule has 1 aliphatic heterocycles. The molecule has 0 aromatic rings. The molecule has 5 fully saturated rings. The number of Topliss-reactive ketones (excluding diaryl/α,β-unsaturated/α-hetero) is 1. The van der Waals surface area contributed by atoms with Gasteiger partial charge < -0.3 is 29.9 Å². The number of carboxylic acid groups (broad SMARTS) is 1. The zero-order valence-electron chi connectivity index (χ0n) is 19.6. The smallest absolute Gasteiger partial charge is 0.335 e. The van der Waals surface area contributed by atoms with Gasteiger partial charge in [0, 0.05) is 11.8 Å². The minimum atomic E-state index is -1.71. The van der Waals surface area contributed by atoms with Crippen LogP contribution in [0.15, 0.2) is 0 Å². The van der Waals surface area contributed by atoms with Crippen LogP contribution in [-0.2, 0) is 19.1 Å². The molecule has 5 rings (SSSR count). The molecule has 186 valence electrons. The predicted octanol–water partition coefficient (Wildman–Crippen LogP) is 1.88. The fraction of sp³-hybridized carbons (Fsp3) is 0.920. The average molecular weight is 467 g/mol. The summed E-state index contributed by atoms with van der Waals surface area (Å²) in [5.41, 5.74) is 0.0757. The van der Waals surface area contributed by atoms with Gasteiger partial charge in [-0.1, -0.05) is 13.8 Å². The third kappa shape index (κ3) is 3.59. The lowest BCUT2D eigenvalue weighted by molar-refractivity contribution is -0.309. The van der Waals surface area contributed by atoms with Crippen LogP contribution in [0.4, 0.5) is 0 Å². The second-order valence-corrected chi connectivity index (χ2v) is 11.8. The Morgan fingerprint density at radius 3 is 2.45 bits per heavy atom. The van der Waals surface area contributed by atoms with Gasteiger partial charge in [0.15, 0.2) is 12.4 Å². The molecule has 0 amide bonds. The van der Waals surface area contributed by atoms with Gasteiger partial charge in [-0.05, 0) is 80.5 Å². The van der Waals surface area contributed by atoms with Crippen molar-refractivity contribution in [2.45, 2.75) is 108 Å². The molecule has 0 unspecified atom stereocenters. The summed E-state index contributed by atoms with van der Waals surface area (Å²) in [7, 11) is 0. The van der Waals surface area contributed by atoms with Crippen LogP contribution in [0.2, 0.25) is 0 Å². The Balaban J connectivity index is 1.26. The van der Waals surface area contributed by atoms with Gasteiger partial charge >= 0.3 is 5.97 Å². The molecule has 33 heavy (non-hydrogen) atoms. The van der Waals surface area contributed by atoms with Crippen LogP contribution in [-0.4, -0.2) is 69.0 Å². The van der Waals surface area contributed by atoms with Crippen molar-refractivity contribution >= 4 is 11.8 Å². The van der Waals surface area contributed by atoms with Gasteiger partial charge in [0.25, 0.3) is 0 Å². The molecular weight excluding hydrogens is 428 g/mol. The number of rotatable bonds is 3. The first-order valence-corrected chi connectivity index (χ1v) is 12.7. The first kappa shape index (κ1) is 23.7. The molecule has 1 saturated heterocycles. The fourth-order valence-corrected chi connectivity index (χ4v) is 8.47. The number of fused-ring (bicyclic) bond motifs is 5. The molecule has 1 heterocycles. The lowest BCUT2D eigenvalue weighted by Gasteiger charge is -2.60. The van der Waals surface area contributed by atoms with E-state index >= 15 is 0 Å². The normalized spacial score (nSPS) is 54.3. The third-order valence-electron chi connectivity index (χ3n) is 10.5. The Morgan fingerprint density at radius 2 is 1.73 bits per heavy atom. The van der Waals surface area contributed by atoms with Gasteiger partial charge in [0.05, 0.1) is 6.10 Å². The zero-order chi connectivity index (χ0) is 23.7. The van der Waals surface area contributed by atoms with Crippen molar-refractivity contribution in [1.29, 1.82) is 0 Å². The van der Waals surface area contributed by atoms with Gasteiger partial charge in [-0.15, -0.1) is 0 Å². The largest absolute Gasteiger partial charge is 0.479 e. The summed E-state index contributed by atoms with van der Waals surface area (Å²) in [6, 6.07) is 0. The van der Waals surface area contributed by atoms with Crippen LogP contribution in [0.5, 0.6) is 0 Å². The molecule has 0 aromatic carbocycles. The lowest BCUT2D eigenvalue weighted by Crippen LogP contribution is -2.61. The Hall–Kier alpha value is -1.06. The van der Waals surface area contributed by atoms with Gasteiger partial charge in [-0.2, -0.15) is 0 Å². The summed E-state index contributed by atoms with van der Waals surface area (Å²) in [6.45, 7) is 4.62. The minimum absolute atomic E-state index is 0.120. The summed E-state index contributed by atoms with van der Waals surface area (Å²) in [4.78, 5) is 24.0. The number of hydrogen-bond donors (Lipinski definition) is 4. The van der Waals surface area contributed by atoms with E-state index in [0.29, 0.717) is 29.5 Å². The van der Waals surface area contributed by atoms with E-state index in [1.165, 1.54) is 0 Å². The second kappa shape index (κ2) is 8.26. The van der Waals surface area contributed by atoms with E-state index in [0.717, 1.165) is 57.8 Å². The van der Waals surface area contributed by atoms with Crippen LogP contribution in [0.25, 0.3) is 0 Å². The standard InChI is InChI=1S/C25H38O8/c1-24-9-7-13(32-23-20(29)18(27)19(28)21(33-23)22(30)31)11-12(24)3-4-14-15-5-6-17(26)25(15,2)10-8-16(14)24/h12-16,18-21,23,27-29H,3-11H2,1-2H3,(H,30,31)/t12-,13-,14+,15+,16+,18+,19+,20-,21+,23-,24+,25+/m1/s1. The summed E-state index contributed by atoms with van der Waals surface area (Å²) < 4.78 is 11.4. The SMILES string of the molecule is C[C@]12CC[C@@H](O[C@@H]3O[C@H](C(=O)O)[C@@H](O)[C@H](O)[C@H]3O)C[C@H]1CC[C@@H]1[C@@H]2CC[C@]2(C)C(=O)CC[C@@H]12. The number of carbonyl (C=O) groups excluding carboxylic acids is 1. The van der Waals surface area contributed by atoms with Gasteiger partial charge in [-0.3, -0.25) is 4.79 Å². The Morgan fingerprint density at radius 1 is 0.970 bits per heavy atom. The number of aliphatic hydroxyl groups excluding tert-OH is 3. The van der Waals surface area contributed by atoms with E-state index in [4.69, 9.17) is 9.47 Å².